The minimum absolute atomic E-state index is 0.112. The van der Waals surface area contributed by atoms with Gasteiger partial charge in [-0.15, -0.1) is 0 Å². The van der Waals surface area contributed by atoms with E-state index in [1.165, 1.54) is 12.1 Å². The average Bonchev–Trinajstić information content (AvgIpc) is 2.23. The normalized spacial score (nSPS) is 12.0. The quantitative estimate of drug-likeness (QED) is 0.894. The van der Waals surface area contributed by atoms with Gasteiger partial charge >= 0.3 is 0 Å². The topological polar surface area (TPSA) is 41.1 Å². The largest absolute Gasteiger partial charge is 0.373 e. The molecule has 1 aromatic rings. The van der Waals surface area contributed by atoms with Crippen molar-refractivity contribution in [3.8, 4) is 0 Å². The maximum Gasteiger partial charge on any atom is 0.242 e. The van der Waals surface area contributed by atoms with E-state index < -0.39 is 6.04 Å². The molecule has 0 aromatic heterocycles. The molecule has 2 N–H and O–H groups in total. The van der Waals surface area contributed by atoms with Gasteiger partial charge in [-0.25, -0.2) is 4.39 Å². The second-order valence-electron chi connectivity index (χ2n) is 3.38. The number of hydrogen-bond acceptors (Lipinski definition) is 2. The summed E-state index contributed by atoms with van der Waals surface area (Å²) in [6.07, 6.45) is 0. The van der Waals surface area contributed by atoms with Crippen molar-refractivity contribution in [2.75, 3.05) is 11.9 Å². The van der Waals surface area contributed by atoms with E-state index in [-0.39, 0.29) is 11.7 Å². The monoisotopic (exact) mass is 288 g/mol. The van der Waals surface area contributed by atoms with E-state index in [0.29, 0.717) is 12.2 Å². The van der Waals surface area contributed by atoms with Crippen LogP contribution < -0.4 is 10.6 Å². The molecule has 1 atom stereocenters. The summed E-state index contributed by atoms with van der Waals surface area (Å²) < 4.78 is 13.7. The van der Waals surface area contributed by atoms with Crippen LogP contribution in [0.2, 0.25) is 0 Å². The Labute approximate surface area is 103 Å². The fourth-order valence-electron chi connectivity index (χ4n) is 1.23. The molecule has 0 fully saturated rings. The number of anilines is 1. The van der Waals surface area contributed by atoms with Crippen molar-refractivity contribution in [3.05, 3.63) is 28.5 Å². The molecular weight excluding hydrogens is 275 g/mol. The Morgan fingerprint density at radius 3 is 2.88 bits per heavy atom. The summed E-state index contributed by atoms with van der Waals surface area (Å²) in [6.45, 7) is 4.15. The minimum Gasteiger partial charge on any atom is -0.373 e. The number of benzene rings is 1. The molecule has 0 aliphatic rings. The number of rotatable bonds is 4. The highest BCUT2D eigenvalue weighted by atomic mass is 79.9. The Balaban J connectivity index is 2.72. The second kappa shape index (κ2) is 5.84. The smallest absolute Gasteiger partial charge is 0.242 e. The third-order valence-electron chi connectivity index (χ3n) is 2.04. The predicted octanol–water partition coefficient (Wildman–Crippen LogP) is 2.52. The van der Waals surface area contributed by atoms with E-state index >= 15 is 0 Å². The summed E-state index contributed by atoms with van der Waals surface area (Å²) in [4.78, 5) is 11.5. The van der Waals surface area contributed by atoms with Crippen molar-refractivity contribution in [2.24, 2.45) is 0 Å². The lowest BCUT2D eigenvalue weighted by atomic mass is 10.2. The Kier molecular flexibility index (Phi) is 4.73. The van der Waals surface area contributed by atoms with Crippen LogP contribution in [0, 0.1) is 5.82 Å². The summed E-state index contributed by atoms with van der Waals surface area (Å²) >= 11 is 3.29. The molecule has 1 aromatic carbocycles. The van der Waals surface area contributed by atoms with Gasteiger partial charge < -0.3 is 10.6 Å². The Bertz CT molecular complexity index is 384. The number of nitrogens with one attached hydrogen (secondary N) is 2. The molecule has 0 saturated carbocycles. The molecule has 16 heavy (non-hydrogen) atoms. The van der Waals surface area contributed by atoms with Gasteiger partial charge in [0, 0.05) is 11.0 Å². The lowest BCUT2D eigenvalue weighted by Gasteiger charge is -2.15. The third kappa shape index (κ3) is 3.48. The third-order valence-corrected chi connectivity index (χ3v) is 2.74. The van der Waals surface area contributed by atoms with Gasteiger partial charge in [0.2, 0.25) is 5.91 Å². The summed E-state index contributed by atoms with van der Waals surface area (Å²) in [5, 5.41) is 5.63. The van der Waals surface area contributed by atoms with Crippen LogP contribution in [-0.2, 0) is 4.79 Å². The van der Waals surface area contributed by atoms with E-state index in [0.717, 1.165) is 4.47 Å². The van der Waals surface area contributed by atoms with Crippen LogP contribution in [0.15, 0.2) is 22.7 Å². The van der Waals surface area contributed by atoms with Gasteiger partial charge in [0.25, 0.3) is 0 Å². The molecule has 1 amide bonds. The summed E-state index contributed by atoms with van der Waals surface area (Å²) in [5.41, 5.74) is 0.568. The molecule has 3 nitrogen and oxygen atoms in total. The molecule has 5 heteroatoms. The van der Waals surface area contributed by atoms with Crippen LogP contribution in [0.25, 0.3) is 0 Å². The first-order valence-corrected chi connectivity index (χ1v) is 5.83. The first-order valence-electron chi connectivity index (χ1n) is 5.04. The molecule has 0 bridgehead atoms. The highest BCUT2D eigenvalue weighted by molar-refractivity contribution is 9.10. The summed E-state index contributed by atoms with van der Waals surface area (Å²) in [7, 11) is 0. The first-order chi connectivity index (χ1) is 7.54. The molecule has 1 unspecified atom stereocenters. The highest BCUT2D eigenvalue weighted by Crippen LogP contribution is 2.23. The molecule has 0 aliphatic heterocycles. The van der Waals surface area contributed by atoms with Gasteiger partial charge in [-0.05, 0) is 48.0 Å². The Morgan fingerprint density at radius 2 is 2.25 bits per heavy atom. The maximum absolute atomic E-state index is 13.0. The van der Waals surface area contributed by atoms with E-state index in [9.17, 15) is 9.18 Å². The van der Waals surface area contributed by atoms with Gasteiger partial charge in [0.1, 0.15) is 11.9 Å². The van der Waals surface area contributed by atoms with Gasteiger partial charge in [-0.2, -0.15) is 0 Å². The fraction of sp³-hybridized carbons (Fsp3) is 0.364. The average molecular weight is 289 g/mol. The molecule has 88 valence electrons. The van der Waals surface area contributed by atoms with Crippen LogP contribution >= 0.6 is 15.9 Å². The Hall–Kier alpha value is -1.10. The van der Waals surface area contributed by atoms with Crippen molar-refractivity contribution >= 4 is 27.5 Å². The van der Waals surface area contributed by atoms with Gasteiger partial charge in [0.15, 0.2) is 0 Å². The van der Waals surface area contributed by atoms with Gasteiger partial charge in [0.05, 0.1) is 5.69 Å². The van der Waals surface area contributed by atoms with Crippen molar-refractivity contribution in [1.82, 2.24) is 5.32 Å². The van der Waals surface area contributed by atoms with Gasteiger partial charge in [-0.1, -0.05) is 0 Å². The van der Waals surface area contributed by atoms with Crippen molar-refractivity contribution < 1.29 is 9.18 Å². The molecular formula is C11H14BrFN2O. The summed E-state index contributed by atoms with van der Waals surface area (Å²) in [6, 6.07) is 3.89. The van der Waals surface area contributed by atoms with Crippen LogP contribution in [0.1, 0.15) is 13.8 Å². The number of amides is 1. The SMILES string of the molecule is CCNC(=O)C(C)Nc1cc(F)ccc1Br. The number of halogens is 2. The first kappa shape index (κ1) is 13.0. The number of carbonyl (C=O) groups is 1. The molecule has 0 spiro atoms. The standard InChI is InChI=1S/C11H14BrFN2O/c1-3-14-11(16)7(2)15-10-6-8(13)4-5-9(10)12/h4-7,15H,3H2,1-2H3,(H,14,16). The molecule has 0 saturated heterocycles. The van der Waals surface area contributed by atoms with E-state index in [1.54, 1.807) is 13.0 Å². The summed E-state index contributed by atoms with van der Waals surface area (Å²) in [5.74, 6) is -0.451. The van der Waals surface area contributed by atoms with Crippen LogP contribution in [0.5, 0.6) is 0 Å². The second-order valence-corrected chi connectivity index (χ2v) is 4.24. The van der Waals surface area contributed by atoms with Gasteiger partial charge in [-0.3, -0.25) is 4.79 Å². The zero-order valence-electron chi connectivity index (χ0n) is 9.18. The zero-order valence-corrected chi connectivity index (χ0v) is 10.8. The zero-order chi connectivity index (χ0) is 12.1. The van der Waals surface area contributed by atoms with Crippen molar-refractivity contribution in [2.45, 2.75) is 19.9 Å². The number of carbonyl (C=O) groups excluding carboxylic acids is 1. The predicted molar refractivity (Wildman–Crippen MR) is 65.9 cm³/mol. The van der Waals surface area contributed by atoms with E-state index in [1.807, 2.05) is 6.92 Å². The lowest BCUT2D eigenvalue weighted by molar-refractivity contribution is -0.121. The molecule has 0 aliphatic carbocycles. The molecule has 0 heterocycles. The van der Waals surface area contributed by atoms with Crippen LogP contribution in [-0.4, -0.2) is 18.5 Å². The number of hydrogen-bond donors (Lipinski definition) is 2. The Morgan fingerprint density at radius 1 is 1.56 bits per heavy atom. The van der Waals surface area contributed by atoms with E-state index in [2.05, 4.69) is 26.6 Å². The van der Waals surface area contributed by atoms with Crippen molar-refractivity contribution in [3.63, 3.8) is 0 Å². The van der Waals surface area contributed by atoms with E-state index in [4.69, 9.17) is 0 Å². The van der Waals surface area contributed by atoms with Crippen LogP contribution in [0.3, 0.4) is 0 Å². The van der Waals surface area contributed by atoms with Crippen LogP contribution in [0.4, 0.5) is 10.1 Å². The molecule has 0 radical (unpaired) electrons. The highest BCUT2D eigenvalue weighted by Gasteiger charge is 2.12. The lowest BCUT2D eigenvalue weighted by Crippen LogP contribution is -2.37. The molecule has 1 rings (SSSR count). The maximum atomic E-state index is 13.0. The fourth-order valence-corrected chi connectivity index (χ4v) is 1.60. The number of likely N-dealkylation sites (N-methyl/N-ethyl adjacent to an activating group) is 1. The van der Waals surface area contributed by atoms with Crippen molar-refractivity contribution in [1.29, 1.82) is 0 Å². The minimum atomic E-state index is -0.405.